The van der Waals surface area contributed by atoms with Crippen LogP contribution in [0.2, 0.25) is 0 Å². The molecular formula is C27H28NO3+. The highest BCUT2D eigenvalue weighted by molar-refractivity contribution is 5.77. The number of benzene rings is 3. The lowest BCUT2D eigenvalue weighted by molar-refractivity contribution is -0.895. The molecular weight excluding hydrogens is 386 g/mol. The summed E-state index contributed by atoms with van der Waals surface area (Å²) in [5.74, 6) is -0.943. The van der Waals surface area contributed by atoms with E-state index in [-0.39, 0.29) is 29.3 Å². The van der Waals surface area contributed by atoms with Crippen LogP contribution in [0.4, 0.5) is 0 Å². The van der Waals surface area contributed by atoms with Crippen molar-refractivity contribution < 1.29 is 19.2 Å². The molecule has 3 aromatic rings. The van der Waals surface area contributed by atoms with Gasteiger partial charge in [-0.15, -0.1) is 0 Å². The fraction of sp³-hybridized carbons (Fsp3) is 0.259. The Balaban J connectivity index is 1.87. The molecule has 3 aromatic carbocycles. The summed E-state index contributed by atoms with van der Waals surface area (Å²) in [5, 5.41) is 9.25. The van der Waals surface area contributed by atoms with Gasteiger partial charge in [0.25, 0.3) is 0 Å². The number of quaternary nitrogens is 1. The highest BCUT2D eigenvalue weighted by Gasteiger charge is 2.48. The molecule has 1 N–H and O–H groups in total. The van der Waals surface area contributed by atoms with E-state index in [9.17, 15) is 14.7 Å². The second-order valence-electron chi connectivity index (χ2n) is 8.45. The van der Waals surface area contributed by atoms with E-state index in [1.807, 2.05) is 30.3 Å². The molecule has 1 aliphatic rings. The number of carboxylic acids is 1. The Morgan fingerprint density at radius 1 is 0.903 bits per heavy atom. The summed E-state index contributed by atoms with van der Waals surface area (Å²) in [7, 11) is 0. The van der Waals surface area contributed by atoms with Crippen LogP contribution in [0.1, 0.15) is 46.7 Å². The number of carboxylic acid groups (broad SMARTS) is 1. The van der Waals surface area contributed by atoms with Crippen LogP contribution in [0, 0.1) is 6.92 Å². The van der Waals surface area contributed by atoms with Gasteiger partial charge in [0.05, 0.1) is 19.4 Å². The maximum Gasteiger partial charge on any atom is 0.315 e. The molecule has 2 atom stereocenters. The standard InChI is InChI=1S/C27H27NO3/c1-20-11-13-21(14-12-20)19-28(25(29)15-16-26(30)31)18-17-22-7-5-6-10-24(22)27(28)23-8-3-2-4-9-23/h2-14,27H,15-19H2,1H3/p+1. The van der Waals surface area contributed by atoms with Crippen molar-refractivity contribution in [1.82, 2.24) is 0 Å². The molecule has 2 unspecified atom stereocenters. The molecule has 1 amide bonds. The summed E-state index contributed by atoms with van der Waals surface area (Å²) in [6, 6.07) is 26.7. The highest BCUT2D eigenvalue weighted by Crippen LogP contribution is 2.43. The number of rotatable bonds is 6. The zero-order chi connectivity index (χ0) is 21.8. The fourth-order valence-corrected chi connectivity index (χ4v) is 4.83. The highest BCUT2D eigenvalue weighted by atomic mass is 16.4. The molecule has 1 aliphatic heterocycles. The van der Waals surface area contributed by atoms with E-state index in [1.54, 1.807) is 0 Å². The Labute approximate surface area is 183 Å². The molecule has 0 fully saturated rings. The number of carbonyl (C=O) groups excluding carboxylic acids is 1. The van der Waals surface area contributed by atoms with Crippen molar-refractivity contribution in [2.45, 2.75) is 38.8 Å². The van der Waals surface area contributed by atoms with Gasteiger partial charge < -0.3 is 5.11 Å². The average molecular weight is 415 g/mol. The summed E-state index contributed by atoms with van der Waals surface area (Å²) < 4.78 is 0.220. The summed E-state index contributed by atoms with van der Waals surface area (Å²) in [4.78, 5) is 25.1. The fourth-order valence-electron chi connectivity index (χ4n) is 4.83. The third-order valence-electron chi connectivity index (χ3n) is 6.37. The normalized spacial score (nSPS) is 20.1. The molecule has 4 rings (SSSR count). The number of hydrogen-bond acceptors (Lipinski definition) is 2. The number of fused-ring (bicyclic) bond motifs is 1. The number of aliphatic carboxylic acids is 1. The summed E-state index contributed by atoms with van der Waals surface area (Å²) in [5.41, 5.74) is 5.78. The van der Waals surface area contributed by atoms with Crippen LogP contribution in [0.25, 0.3) is 0 Å². The Hall–Kier alpha value is -3.24. The predicted molar refractivity (Wildman–Crippen MR) is 120 cm³/mol. The van der Waals surface area contributed by atoms with Crippen molar-refractivity contribution in [1.29, 1.82) is 0 Å². The first-order valence-corrected chi connectivity index (χ1v) is 10.8. The molecule has 0 aromatic heterocycles. The summed E-state index contributed by atoms with van der Waals surface area (Å²) >= 11 is 0. The second-order valence-corrected chi connectivity index (χ2v) is 8.45. The Morgan fingerprint density at radius 3 is 2.29 bits per heavy atom. The van der Waals surface area contributed by atoms with Gasteiger partial charge in [0.2, 0.25) is 0 Å². The van der Waals surface area contributed by atoms with Gasteiger partial charge in [-0.25, -0.2) is 9.28 Å². The Bertz CT molecular complexity index is 1080. The maximum absolute atomic E-state index is 13.8. The van der Waals surface area contributed by atoms with Crippen LogP contribution in [0.15, 0.2) is 78.9 Å². The van der Waals surface area contributed by atoms with Crippen molar-refractivity contribution >= 4 is 11.9 Å². The van der Waals surface area contributed by atoms with Crippen molar-refractivity contribution in [2.75, 3.05) is 6.54 Å². The molecule has 4 heteroatoms. The topological polar surface area (TPSA) is 54.4 Å². The van der Waals surface area contributed by atoms with Crippen LogP contribution in [0.5, 0.6) is 0 Å². The Kier molecular flexibility index (Phi) is 6.01. The van der Waals surface area contributed by atoms with E-state index in [4.69, 9.17) is 0 Å². The lowest BCUT2D eigenvalue weighted by atomic mass is 9.84. The van der Waals surface area contributed by atoms with Gasteiger partial charge in [-0.2, -0.15) is 0 Å². The van der Waals surface area contributed by atoms with E-state index in [1.165, 1.54) is 11.1 Å². The number of hydrogen-bond donors (Lipinski definition) is 1. The molecule has 0 radical (unpaired) electrons. The Morgan fingerprint density at radius 2 is 1.58 bits per heavy atom. The van der Waals surface area contributed by atoms with Crippen LogP contribution in [0.3, 0.4) is 0 Å². The van der Waals surface area contributed by atoms with Gasteiger partial charge in [0.1, 0.15) is 12.6 Å². The number of aryl methyl sites for hydroxylation is 1. The lowest BCUT2D eigenvalue weighted by Crippen LogP contribution is -2.58. The smallest absolute Gasteiger partial charge is 0.315 e. The van der Waals surface area contributed by atoms with E-state index < -0.39 is 5.97 Å². The molecule has 0 saturated carbocycles. The lowest BCUT2D eigenvalue weighted by Gasteiger charge is -2.46. The first-order chi connectivity index (χ1) is 15.0. The van der Waals surface area contributed by atoms with Gasteiger partial charge >= 0.3 is 11.9 Å². The average Bonchev–Trinajstić information content (AvgIpc) is 2.79. The molecule has 31 heavy (non-hydrogen) atoms. The van der Waals surface area contributed by atoms with Gasteiger partial charge in [-0.05, 0) is 12.5 Å². The number of carbonyl (C=O) groups is 2. The molecule has 0 bridgehead atoms. The summed E-state index contributed by atoms with van der Waals surface area (Å²) in [6.07, 6.45) is 0.687. The van der Waals surface area contributed by atoms with E-state index in [0.717, 1.165) is 23.1 Å². The summed E-state index contributed by atoms with van der Waals surface area (Å²) in [6.45, 7) is 3.26. The first kappa shape index (κ1) is 21.0. The van der Waals surface area contributed by atoms with Gasteiger partial charge in [0.15, 0.2) is 0 Å². The quantitative estimate of drug-likeness (QED) is 0.575. The van der Waals surface area contributed by atoms with E-state index in [0.29, 0.717) is 13.1 Å². The minimum Gasteiger partial charge on any atom is -0.481 e. The molecule has 4 nitrogen and oxygen atoms in total. The molecule has 0 aliphatic carbocycles. The molecule has 0 saturated heterocycles. The van der Waals surface area contributed by atoms with E-state index in [2.05, 4.69) is 55.5 Å². The maximum atomic E-state index is 13.8. The predicted octanol–water partition coefficient (Wildman–Crippen LogP) is 5.05. The number of amides is 1. The molecule has 0 spiro atoms. The minimum absolute atomic E-state index is 0.00803. The van der Waals surface area contributed by atoms with Crippen LogP contribution in [-0.2, 0) is 22.6 Å². The van der Waals surface area contributed by atoms with Crippen molar-refractivity contribution in [3.8, 4) is 0 Å². The van der Waals surface area contributed by atoms with Crippen molar-refractivity contribution in [3.63, 3.8) is 0 Å². The first-order valence-electron chi connectivity index (χ1n) is 10.8. The van der Waals surface area contributed by atoms with Gasteiger partial charge in [-0.3, -0.25) is 4.79 Å². The minimum atomic E-state index is -0.935. The zero-order valence-corrected chi connectivity index (χ0v) is 17.8. The monoisotopic (exact) mass is 414 g/mol. The van der Waals surface area contributed by atoms with Gasteiger partial charge in [0, 0.05) is 23.1 Å². The van der Waals surface area contributed by atoms with Crippen molar-refractivity contribution in [2.24, 2.45) is 0 Å². The van der Waals surface area contributed by atoms with Crippen LogP contribution >= 0.6 is 0 Å². The zero-order valence-electron chi connectivity index (χ0n) is 17.8. The van der Waals surface area contributed by atoms with Gasteiger partial charge in [-0.1, -0.05) is 84.4 Å². The van der Waals surface area contributed by atoms with E-state index >= 15 is 0 Å². The second kappa shape index (κ2) is 8.86. The van der Waals surface area contributed by atoms with Crippen LogP contribution < -0.4 is 0 Å². The number of nitrogens with zero attached hydrogens (tertiary/aromatic N) is 1. The molecule has 1 heterocycles. The SMILES string of the molecule is Cc1ccc(C[N+]2(C(=O)CCC(=O)O)CCc3ccccc3C2c2ccccc2)cc1. The third-order valence-corrected chi connectivity index (χ3v) is 6.37. The largest absolute Gasteiger partial charge is 0.481 e. The van der Waals surface area contributed by atoms with Crippen LogP contribution in [-0.4, -0.2) is 28.0 Å². The third kappa shape index (κ3) is 4.30. The molecule has 158 valence electrons. The van der Waals surface area contributed by atoms with Crippen molar-refractivity contribution in [3.05, 3.63) is 107 Å².